The van der Waals surface area contributed by atoms with Crippen molar-refractivity contribution in [2.75, 3.05) is 13.7 Å². The lowest BCUT2D eigenvalue weighted by atomic mass is 10.1. The van der Waals surface area contributed by atoms with E-state index in [1.807, 2.05) is 13.8 Å². The van der Waals surface area contributed by atoms with E-state index in [9.17, 15) is 4.79 Å². The van der Waals surface area contributed by atoms with Crippen molar-refractivity contribution < 1.29 is 19.4 Å². The molecule has 0 saturated heterocycles. The number of rotatable bonds is 6. The molecular weight excluding hydrogens is 228 g/mol. The van der Waals surface area contributed by atoms with E-state index in [1.165, 1.54) is 17.4 Å². The van der Waals surface area contributed by atoms with Gasteiger partial charge in [0.2, 0.25) is 0 Å². The summed E-state index contributed by atoms with van der Waals surface area (Å²) in [6, 6.07) is 1.53. The van der Waals surface area contributed by atoms with Gasteiger partial charge in [-0.05, 0) is 13.8 Å². The summed E-state index contributed by atoms with van der Waals surface area (Å²) in [5, 5.41) is 10.4. The van der Waals surface area contributed by atoms with Gasteiger partial charge in [0.1, 0.15) is 10.6 Å². The Kier molecular flexibility index (Phi) is 4.32. The van der Waals surface area contributed by atoms with E-state index >= 15 is 0 Å². The molecule has 1 aromatic rings. The molecule has 1 rings (SSSR count). The van der Waals surface area contributed by atoms with Crippen LogP contribution in [-0.4, -0.2) is 30.4 Å². The number of aromatic carboxylic acids is 1. The SMILES string of the molecule is COC(C)(C)CCOc1csc(C(=O)O)c1. The fourth-order valence-corrected chi connectivity index (χ4v) is 1.69. The second kappa shape index (κ2) is 5.32. The smallest absolute Gasteiger partial charge is 0.346 e. The van der Waals surface area contributed by atoms with Crippen LogP contribution in [0.5, 0.6) is 5.75 Å². The molecule has 0 aliphatic rings. The molecule has 16 heavy (non-hydrogen) atoms. The summed E-state index contributed by atoms with van der Waals surface area (Å²) in [5.74, 6) is -0.314. The van der Waals surface area contributed by atoms with Gasteiger partial charge in [-0.1, -0.05) is 0 Å². The van der Waals surface area contributed by atoms with E-state index in [0.717, 1.165) is 6.42 Å². The molecule has 0 fully saturated rings. The third-order valence-corrected chi connectivity index (χ3v) is 3.21. The average molecular weight is 244 g/mol. The third-order valence-electron chi connectivity index (χ3n) is 2.31. The highest BCUT2D eigenvalue weighted by atomic mass is 32.1. The summed E-state index contributed by atoms with van der Waals surface area (Å²) in [4.78, 5) is 10.9. The number of carboxylic acid groups (broad SMARTS) is 1. The molecule has 1 N–H and O–H groups in total. The number of hydrogen-bond acceptors (Lipinski definition) is 4. The molecule has 0 spiro atoms. The normalized spacial score (nSPS) is 11.4. The van der Waals surface area contributed by atoms with Crippen molar-refractivity contribution in [1.29, 1.82) is 0 Å². The lowest BCUT2D eigenvalue weighted by Gasteiger charge is -2.22. The Labute approximate surface area is 98.8 Å². The third kappa shape index (κ3) is 3.83. The first kappa shape index (κ1) is 13.0. The minimum atomic E-state index is -0.919. The highest BCUT2D eigenvalue weighted by Gasteiger charge is 2.16. The number of ether oxygens (including phenoxy) is 2. The van der Waals surface area contributed by atoms with Gasteiger partial charge in [-0.3, -0.25) is 0 Å². The van der Waals surface area contributed by atoms with Gasteiger partial charge in [0, 0.05) is 25.0 Å². The van der Waals surface area contributed by atoms with E-state index < -0.39 is 5.97 Å². The van der Waals surface area contributed by atoms with Crippen molar-refractivity contribution in [1.82, 2.24) is 0 Å². The number of methoxy groups -OCH3 is 1. The van der Waals surface area contributed by atoms with Gasteiger partial charge >= 0.3 is 5.97 Å². The molecule has 0 atom stereocenters. The van der Waals surface area contributed by atoms with Gasteiger partial charge in [0.25, 0.3) is 0 Å². The number of carboxylic acids is 1. The van der Waals surface area contributed by atoms with E-state index in [1.54, 1.807) is 12.5 Å². The zero-order chi connectivity index (χ0) is 12.2. The molecule has 1 heterocycles. The van der Waals surface area contributed by atoms with Crippen molar-refractivity contribution in [3.63, 3.8) is 0 Å². The summed E-state index contributed by atoms with van der Waals surface area (Å²) in [7, 11) is 1.66. The van der Waals surface area contributed by atoms with Crippen LogP contribution in [-0.2, 0) is 4.74 Å². The Morgan fingerprint density at radius 1 is 1.56 bits per heavy atom. The molecule has 4 nitrogen and oxygen atoms in total. The first-order chi connectivity index (χ1) is 7.44. The second-order valence-electron chi connectivity index (χ2n) is 4.01. The van der Waals surface area contributed by atoms with Crippen molar-refractivity contribution >= 4 is 17.3 Å². The van der Waals surface area contributed by atoms with Gasteiger partial charge in [-0.15, -0.1) is 11.3 Å². The van der Waals surface area contributed by atoms with Crippen LogP contribution < -0.4 is 4.74 Å². The minimum Gasteiger partial charge on any atom is -0.493 e. The zero-order valence-corrected chi connectivity index (χ0v) is 10.5. The second-order valence-corrected chi connectivity index (χ2v) is 4.93. The van der Waals surface area contributed by atoms with E-state index in [-0.39, 0.29) is 5.60 Å². The summed E-state index contributed by atoms with van der Waals surface area (Å²) >= 11 is 1.17. The van der Waals surface area contributed by atoms with Gasteiger partial charge in [-0.25, -0.2) is 4.79 Å². The Bertz CT molecular complexity index is 357. The lowest BCUT2D eigenvalue weighted by Crippen LogP contribution is -2.25. The maximum Gasteiger partial charge on any atom is 0.346 e. The maximum atomic E-state index is 10.6. The quantitative estimate of drug-likeness (QED) is 0.835. The predicted octanol–water partition coefficient (Wildman–Crippen LogP) is 2.64. The Morgan fingerprint density at radius 3 is 2.75 bits per heavy atom. The fraction of sp³-hybridized carbons (Fsp3) is 0.545. The Balaban J connectivity index is 2.40. The molecule has 0 aliphatic carbocycles. The highest BCUT2D eigenvalue weighted by Crippen LogP contribution is 2.22. The average Bonchev–Trinajstić information content (AvgIpc) is 2.66. The first-order valence-electron chi connectivity index (χ1n) is 4.94. The molecule has 0 aromatic carbocycles. The molecule has 5 heteroatoms. The number of thiophene rings is 1. The predicted molar refractivity (Wildman–Crippen MR) is 62.5 cm³/mol. The fourth-order valence-electron chi connectivity index (χ4n) is 1.02. The number of hydrogen-bond donors (Lipinski definition) is 1. The van der Waals surface area contributed by atoms with Gasteiger partial charge in [0.05, 0.1) is 12.2 Å². The molecule has 0 amide bonds. The van der Waals surface area contributed by atoms with Crippen LogP contribution >= 0.6 is 11.3 Å². The summed E-state index contributed by atoms with van der Waals surface area (Å²) in [6.07, 6.45) is 0.752. The molecule has 1 aromatic heterocycles. The van der Waals surface area contributed by atoms with Crippen LogP contribution in [0.2, 0.25) is 0 Å². The Hall–Kier alpha value is -1.07. The maximum absolute atomic E-state index is 10.6. The van der Waals surface area contributed by atoms with Crippen molar-refractivity contribution in [2.45, 2.75) is 25.9 Å². The van der Waals surface area contributed by atoms with E-state index in [2.05, 4.69) is 0 Å². The van der Waals surface area contributed by atoms with Crippen LogP contribution in [0.15, 0.2) is 11.4 Å². The van der Waals surface area contributed by atoms with Gasteiger partial charge < -0.3 is 14.6 Å². The minimum absolute atomic E-state index is 0.217. The number of carbonyl (C=O) groups is 1. The zero-order valence-electron chi connectivity index (χ0n) is 9.65. The summed E-state index contributed by atoms with van der Waals surface area (Å²) < 4.78 is 10.7. The molecule has 0 bridgehead atoms. The van der Waals surface area contributed by atoms with Crippen LogP contribution in [0.3, 0.4) is 0 Å². The van der Waals surface area contributed by atoms with Crippen LogP contribution in [0.1, 0.15) is 29.9 Å². The van der Waals surface area contributed by atoms with E-state index in [0.29, 0.717) is 17.2 Å². The van der Waals surface area contributed by atoms with Crippen molar-refractivity contribution in [2.24, 2.45) is 0 Å². The summed E-state index contributed by atoms with van der Waals surface area (Å²) in [5.41, 5.74) is -0.217. The standard InChI is InChI=1S/C11H16O4S/c1-11(2,14-3)4-5-15-8-6-9(10(12)13)16-7-8/h6-7H,4-5H2,1-3H3,(H,12,13). The highest BCUT2D eigenvalue weighted by molar-refractivity contribution is 7.12. The molecule has 90 valence electrons. The summed E-state index contributed by atoms with van der Waals surface area (Å²) in [6.45, 7) is 4.47. The van der Waals surface area contributed by atoms with Crippen LogP contribution in [0, 0.1) is 0 Å². The van der Waals surface area contributed by atoms with E-state index in [4.69, 9.17) is 14.6 Å². The van der Waals surface area contributed by atoms with Crippen molar-refractivity contribution in [3.05, 3.63) is 16.3 Å². The molecule has 0 saturated carbocycles. The molecular formula is C11H16O4S. The molecule has 0 unspecified atom stereocenters. The monoisotopic (exact) mass is 244 g/mol. The largest absolute Gasteiger partial charge is 0.493 e. The van der Waals surface area contributed by atoms with Crippen molar-refractivity contribution in [3.8, 4) is 5.75 Å². The Morgan fingerprint density at radius 2 is 2.25 bits per heavy atom. The van der Waals surface area contributed by atoms with Crippen LogP contribution in [0.25, 0.3) is 0 Å². The first-order valence-corrected chi connectivity index (χ1v) is 5.82. The molecule has 0 aliphatic heterocycles. The topological polar surface area (TPSA) is 55.8 Å². The molecule has 0 radical (unpaired) electrons. The van der Waals surface area contributed by atoms with Gasteiger partial charge in [-0.2, -0.15) is 0 Å². The van der Waals surface area contributed by atoms with Crippen LogP contribution in [0.4, 0.5) is 0 Å². The van der Waals surface area contributed by atoms with Gasteiger partial charge in [0.15, 0.2) is 0 Å². The lowest BCUT2D eigenvalue weighted by molar-refractivity contribution is 0.00547.